The molecule has 3 nitrogen and oxygen atoms in total. The lowest BCUT2D eigenvalue weighted by molar-refractivity contribution is 0.297. The van der Waals surface area contributed by atoms with Crippen molar-refractivity contribution < 1.29 is 9.47 Å². The summed E-state index contributed by atoms with van der Waals surface area (Å²) >= 11 is 5.74. The van der Waals surface area contributed by atoms with E-state index in [0.717, 1.165) is 23.5 Å². The van der Waals surface area contributed by atoms with Crippen LogP contribution in [0.15, 0.2) is 29.8 Å². The third-order valence-electron chi connectivity index (χ3n) is 2.87. The van der Waals surface area contributed by atoms with Crippen molar-refractivity contribution in [3.63, 3.8) is 0 Å². The monoisotopic (exact) mass is 267 g/mol. The fourth-order valence-electron chi connectivity index (χ4n) is 1.83. The van der Waals surface area contributed by atoms with Crippen molar-refractivity contribution in [2.75, 3.05) is 19.8 Å². The van der Waals surface area contributed by atoms with E-state index >= 15 is 0 Å². The highest BCUT2D eigenvalue weighted by atomic mass is 35.5. The van der Waals surface area contributed by atoms with Crippen LogP contribution in [0.1, 0.15) is 24.9 Å². The van der Waals surface area contributed by atoms with Crippen molar-refractivity contribution in [3.8, 4) is 11.5 Å². The first-order valence-electron chi connectivity index (χ1n) is 6.13. The van der Waals surface area contributed by atoms with Crippen LogP contribution in [0.25, 0.3) is 0 Å². The number of ether oxygens (including phenoxy) is 2. The largest absolute Gasteiger partial charge is 0.490 e. The van der Waals surface area contributed by atoms with Gasteiger partial charge in [-0.3, -0.25) is 0 Å². The highest BCUT2D eigenvalue weighted by Crippen LogP contribution is 2.32. The highest BCUT2D eigenvalue weighted by Gasteiger charge is 2.13. The summed E-state index contributed by atoms with van der Waals surface area (Å²) in [6.45, 7) is 7.76. The van der Waals surface area contributed by atoms with E-state index in [0.29, 0.717) is 24.8 Å². The van der Waals surface area contributed by atoms with Crippen LogP contribution < -0.4 is 14.8 Å². The molecule has 0 saturated heterocycles. The number of fused-ring (bicyclic) bond motifs is 1. The number of hydrogen-bond donors (Lipinski definition) is 1. The summed E-state index contributed by atoms with van der Waals surface area (Å²) in [5, 5.41) is 3.90. The molecule has 0 radical (unpaired) electrons. The Morgan fingerprint density at radius 3 is 2.83 bits per heavy atom. The van der Waals surface area contributed by atoms with E-state index in [1.54, 1.807) is 0 Å². The van der Waals surface area contributed by atoms with Crippen LogP contribution in [0.3, 0.4) is 0 Å². The molecule has 1 N–H and O–H groups in total. The van der Waals surface area contributed by atoms with Gasteiger partial charge in [0.1, 0.15) is 0 Å². The van der Waals surface area contributed by atoms with Gasteiger partial charge >= 0.3 is 0 Å². The molecule has 1 heterocycles. The summed E-state index contributed by atoms with van der Waals surface area (Å²) in [6, 6.07) is 6.22. The van der Waals surface area contributed by atoms with Crippen molar-refractivity contribution in [1.29, 1.82) is 0 Å². The molecule has 0 aliphatic carbocycles. The van der Waals surface area contributed by atoms with Gasteiger partial charge in [0, 0.05) is 24.0 Å². The van der Waals surface area contributed by atoms with Crippen LogP contribution in [-0.4, -0.2) is 19.8 Å². The van der Waals surface area contributed by atoms with Gasteiger partial charge in [0.05, 0.1) is 13.2 Å². The van der Waals surface area contributed by atoms with Gasteiger partial charge in [-0.15, -0.1) is 0 Å². The summed E-state index contributed by atoms with van der Waals surface area (Å²) in [7, 11) is 0. The Labute approximate surface area is 113 Å². The maximum atomic E-state index is 5.74. The zero-order valence-electron chi connectivity index (χ0n) is 10.5. The minimum Gasteiger partial charge on any atom is -0.490 e. The molecule has 1 atom stereocenters. The van der Waals surface area contributed by atoms with Crippen molar-refractivity contribution in [2.24, 2.45) is 0 Å². The smallest absolute Gasteiger partial charge is 0.161 e. The summed E-state index contributed by atoms with van der Waals surface area (Å²) in [5.41, 5.74) is 1.15. The first-order chi connectivity index (χ1) is 8.66. The summed E-state index contributed by atoms with van der Waals surface area (Å²) in [4.78, 5) is 0. The SMILES string of the molecule is C=C(Cl)CNC(C)c1ccc2c(c1)OCCCO2. The average molecular weight is 268 g/mol. The van der Waals surface area contributed by atoms with Crippen molar-refractivity contribution in [2.45, 2.75) is 19.4 Å². The fourth-order valence-corrected chi connectivity index (χ4v) is 1.91. The molecule has 1 aromatic rings. The van der Waals surface area contributed by atoms with Crippen molar-refractivity contribution >= 4 is 11.6 Å². The minimum absolute atomic E-state index is 0.192. The number of halogens is 1. The average Bonchev–Trinajstić information content (AvgIpc) is 2.60. The van der Waals surface area contributed by atoms with Gasteiger partial charge in [0.15, 0.2) is 11.5 Å². The van der Waals surface area contributed by atoms with Gasteiger partial charge in [0.25, 0.3) is 0 Å². The molecular formula is C14H18ClNO2. The number of rotatable bonds is 4. The highest BCUT2D eigenvalue weighted by molar-refractivity contribution is 6.29. The van der Waals surface area contributed by atoms with Crippen molar-refractivity contribution in [1.82, 2.24) is 5.32 Å². The first kappa shape index (κ1) is 13.2. The standard InChI is InChI=1S/C14H18ClNO2/c1-10(15)9-16-11(2)12-4-5-13-14(8-12)18-7-3-6-17-13/h4-5,8,11,16H,1,3,6-7,9H2,2H3. The third-order valence-corrected chi connectivity index (χ3v) is 3.01. The Hall–Kier alpha value is -1.19. The lowest BCUT2D eigenvalue weighted by atomic mass is 10.1. The fraction of sp³-hybridized carbons (Fsp3) is 0.429. The van der Waals surface area contributed by atoms with Crippen LogP contribution in [-0.2, 0) is 0 Å². The van der Waals surface area contributed by atoms with E-state index in [1.807, 2.05) is 18.2 Å². The van der Waals surface area contributed by atoms with Gasteiger partial charge in [-0.25, -0.2) is 0 Å². The second kappa shape index (κ2) is 6.12. The molecule has 2 rings (SSSR count). The molecule has 0 bridgehead atoms. The molecule has 0 spiro atoms. The predicted octanol–water partition coefficient (Wildman–Crippen LogP) is 3.25. The Bertz CT molecular complexity index is 434. The van der Waals surface area contributed by atoms with Gasteiger partial charge in [-0.05, 0) is 24.6 Å². The number of nitrogens with one attached hydrogen (secondary N) is 1. The number of hydrogen-bond acceptors (Lipinski definition) is 3. The topological polar surface area (TPSA) is 30.5 Å². The molecule has 0 amide bonds. The van der Waals surface area contributed by atoms with E-state index in [2.05, 4.69) is 18.8 Å². The molecule has 18 heavy (non-hydrogen) atoms. The van der Waals surface area contributed by atoms with E-state index in [4.69, 9.17) is 21.1 Å². The molecule has 0 fully saturated rings. The maximum Gasteiger partial charge on any atom is 0.161 e. The minimum atomic E-state index is 0.192. The normalized spacial score (nSPS) is 15.9. The maximum absolute atomic E-state index is 5.74. The van der Waals surface area contributed by atoms with Crippen molar-refractivity contribution in [3.05, 3.63) is 35.4 Å². The van der Waals surface area contributed by atoms with Crippen LogP contribution in [0.2, 0.25) is 0 Å². The molecule has 1 aliphatic rings. The van der Waals surface area contributed by atoms with E-state index in [1.165, 1.54) is 0 Å². The second-order valence-corrected chi connectivity index (χ2v) is 4.91. The quantitative estimate of drug-likeness (QED) is 0.908. The molecule has 1 unspecified atom stereocenters. The lowest BCUT2D eigenvalue weighted by Crippen LogP contribution is -2.19. The number of benzene rings is 1. The molecule has 4 heteroatoms. The summed E-state index contributed by atoms with van der Waals surface area (Å²) in [5.74, 6) is 1.65. The first-order valence-corrected chi connectivity index (χ1v) is 6.51. The van der Waals surface area contributed by atoms with Gasteiger partial charge in [-0.2, -0.15) is 0 Å². The zero-order chi connectivity index (χ0) is 13.0. The predicted molar refractivity (Wildman–Crippen MR) is 73.5 cm³/mol. The van der Waals surface area contributed by atoms with E-state index in [-0.39, 0.29) is 6.04 Å². The lowest BCUT2D eigenvalue weighted by Gasteiger charge is -2.16. The van der Waals surface area contributed by atoms with E-state index in [9.17, 15) is 0 Å². The molecule has 1 aliphatic heterocycles. The van der Waals surface area contributed by atoms with Crippen LogP contribution in [0, 0.1) is 0 Å². The Balaban J connectivity index is 2.09. The van der Waals surface area contributed by atoms with Gasteiger partial charge in [-0.1, -0.05) is 24.2 Å². The zero-order valence-corrected chi connectivity index (χ0v) is 11.3. The van der Waals surface area contributed by atoms with Gasteiger partial charge < -0.3 is 14.8 Å². The van der Waals surface area contributed by atoms with E-state index < -0.39 is 0 Å². The summed E-state index contributed by atoms with van der Waals surface area (Å²) < 4.78 is 11.3. The van der Waals surface area contributed by atoms with Crippen LogP contribution in [0.5, 0.6) is 11.5 Å². The molecule has 1 aromatic carbocycles. The molecular weight excluding hydrogens is 250 g/mol. The Morgan fingerprint density at radius 2 is 2.11 bits per heavy atom. The molecule has 0 saturated carbocycles. The Morgan fingerprint density at radius 1 is 1.39 bits per heavy atom. The third kappa shape index (κ3) is 3.40. The van der Waals surface area contributed by atoms with Crippen LogP contribution >= 0.6 is 11.6 Å². The molecule has 98 valence electrons. The molecule has 0 aromatic heterocycles. The second-order valence-electron chi connectivity index (χ2n) is 4.38. The van der Waals surface area contributed by atoms with Gasteiger partial charge in [0.2, 0.25) is 0 Å². The summed E-state index contributed by atoms with van der Waals surface area (Å²) in [6.07, 6.45) is 0.921. The Kier molecular flexibility index (Phi) is 4.50. The van der Waals surface area contributed by atoms with Crippen LogP contribution in [0.4, 0.5) is 0 Å².